The molecule has 1 unspecified atom stereocenters. The van der Waals surface area contributed by atoms with E-state index < -0.39 is 23.8 Å². The zero-order valence-corrected chi connectivity index (χ0v) is 10.5. The standard InChI is InChI=1S/C13H12F3NO3/c1-2-7-3-4-10-8(5-7)6-9(12(18)20-17)11(19-10)13(14,15)16/h3-6,11H,2,17H2,1H3. The molecule has 0 fully saturated rings. The summed E-state index contributed by atoms with van der Waals surface area (Å²) >= 11 is 0. The van der Waals surface area contributed by atoms with Crippen LogP contribution in [0.3, 0.4) is 0 Å². The van der Waals surface area contributed by atoms with Gasteiger partial charge in [0.25, 0.3) is 0 Å². The molecule has 1 heterocycles. The molecule has 2 N–H and O–H groups in total. The van der Waals surface area contributed by atoms with Crippen LogP contribution in [0.1, 0.15) is 18.1 Å². The van der Waals surface area contributed by atoms with Crippen LogP contribution in [0.4, 0.5) is 13.2 Å². The van der Waals surface area contributed by atoms with Gasteiger partial charge in [0.05, 0.1) is 5.57 Å². The van der Waals surface area contributed by atoms with E-state index in [2.05, 4.69) is 10.7 Å². The number of hydrogen-bond acceptors (Lipinski definition) is 4. The van der Waals surface area contributed by atoms with Gasteiger partial charge >= 0.3 is 12.1 Å². The van der Waals surface area contributed by atoms with Crippen molar-refractivity contribution in [1.82, 2.24) is 0 Å². The molecule has 0 saturated heterocycles. The van der Waals surface area contributed by atoms with Gasteiger partial charge in [-0.15, -0.1) is 0 Å². The summed E-state index contributed by atoms with van der Waals surface area (Å²) in [5.41, 5.74) is 0.639. The molecule has 0 saturated carbocycles. The van der Waals surface area contributed by atoms with Crippen molar-refractivity contribution in [3.63, 3.8) is 0 Å². The molecule has 0 radical (unpaired) electrons. The Morgan fingerprint density at radius 1 is 1.45 bits per heavy atom. The van der Waals surface area contributed by atoms with Gasteiger partial charge in [-0.2, -0.15) is 19.1 Å². The number of benzene rings is 1. The van der Waals surface area contributed by atoms with Gasteiger partial charge in [-0.05, 0) is 30.2 Å². The molecule has 20 heavy (non-hydrogen) atoms. The summed E-state index contributed by atoms with van der Waals surface area (Å²) in [6.07, 6.45) is -5.30. The lowest BCUT2D eigenvalue weighted by Crippen LogP contribution is -2.41. The molecule has 108 valence electrons. The Labute approximate surface area is 112 Å². The van der Waals surface area contributed by atoms with E-state index in [0.717, 1.165) is 11.6 Å². The van der Waals surface area contributed by atoms with E-state index in [0.29, 0.717) is 12.0 Å². The first kappa shape index (κ1) is 14.4. The first-order valence-corrected chi connectivity index (χ1v) is 5.85. The van der Waals surface area contributed by atoms with Crippen LogP contribution in [-0.4, -0.2) is 18.2 Å². The van der Waals surface area contributed by atoms with Crippen molar-refractivity contribution in [2.75, 3.05) is 0 Å². The second-order valence-corrected chi connectivity index (χ2v) is 4.27. The average Bonchev–Trinajstić information content (AvgIpc) is 2.43. The molecule has 0 spiro atoms. The lowest BCUT2D eigenvalue weighted by Gasteiger charge is -2.27. The van der Waals surface area contributed by atoms with Gasteiger partial charge in [-0.3, -0.25) is 0 Å². The molecule has 1 aromatic rings. The third-order valence-corrected chi connectivity index (χ3v) is 2.96. The van der Waals surface area contributed by atoms with E-state index in [1.807, 2.05) is 6.92 Å². The number of nitrogens with two attached hydrogens (primary N) is 1. The fraction of sp³-hybridized carbons (Fsp3) is 0.308. The van der Waals surface area contributed by atoms with Crippen molar-refractivity contribution in [1.29, 1.82) is 0 Å². The third kappa shape index (κ3) is 2.62. The number of fused-ring (bicyclic) bond motifs is 1. The average molecular weight is 287 g/mol. The molecule has 2 rings (SSSR count). The van der Waals surface area contributed by atoms with Crippen molar-refractivity contribution in [3.05, 3.63) is 34.9 Å². The Balaban J connectivity index is 2.51. The normalized spacial score (nSPS) is 17.9. The fourth-order valence-corrected chi connectivity index (χ4v) is 1.95. The zero-order valence-electron chi connectivity index (χ0n) is 10.5. The Morgan fingerprint density at radius 2 is 2.15 bits per heavy atom. The highest BCUT2D eigenvalue weighted by Crippen LogP contribution is 2.37. The van der Waals surface area contributed by atoms with E-state index in [-0.39, 0.29) is 5.75 Å². The third-order valence-electron chi connectivity index (χ3n) is 2.96. The predicted molar refractivity (Wildman–Crippen MR) is 64.5 cm³/mol. The number of alkyl halides is 3. The van der Waals surface area contributed by atoms with E-state index in [1.165, 1.54) is 6.07 Å². The summed E-state index contributed by atoms with van der Waals surface area (Å²) in [4.78, 5) is 15.3. The van der Waals surface area contributed by atoms with Crippen LogP contribution < -0.4 is 10.6 Å². The predicted octanol–water partition coefficient (Wildman–Crippen LogP) is 2.37. The molecule has 1 atom stereocenters. The van der Waals surface area contributed by atoms with Crippen LogP contribution in [0.2, 0.25) is 0 Å². The number of ether oxygens (including phenoxy) is 1. The molecule has 1 aliphatic heterocycles. The van der Waals surface area contributed by atoms with Crippen LogP contribution in [0.25, 0.3) is 6.08 Å². The lowest BCUT2D eigenvalue weighted by molar-refractivity contribution is -0.188. The van der Waals surface area contributed by atoms with Crippen LogP contribution in [0.15, 0.2) is 23.8 Å². The first-order chi connectivity index (χ1) is 9.36. The van der Waals surface area contributed by atoms with Gasteiger partial charge in [0.2, 0.25) is 6.10 Å². The number of carbonyl (C=O) groups is 1. The highest BCUT2D eigenvalue weighted by Gasteiger charge is 2.48. The number of rotatable bonds is 2. The van der Waals surface area contributed by atoms with Crippen LogP contribution in [0.5, 0.6) is 5.75 Å². The van der Waals surface area contributed by atoms with Gasteiger partial charge in [0.15, 0.2) is 0 Å². The van der Waals surface area contributed by atoms with Crippen molar-refractivity contribution in [2.45, 2.75) is 25.6 Å². The topological polar surface area (TPSA) is 61.5 Å². The summed E-state index contributed by atoms with van der Waals surface area (Å²) in [5, 5.41) is 0. The monoisotopic (exact) mass is 287 g/mol. The van der Waals surface area contributed by atoms with Gasteiger partial charge in [-0.1, -0.05) is 13.0 Å². The molecule has 0 amide bonds. The largest absolute Gasteiger partial charge is 0.475 e. The zero-order chi connectivity index (χ0) is 14.9. The fourth-order valence-electron chi connectivity index (χ4n) is 1.95. The summed E-state index contributed by atoms with van der Waals surface area (Å²) in [6.45, 7) is 1.91. The number of carbonyl (C=O) groups excluding carboxylic acids is 1. The molecule has 1 aliphatic rings. The minimum atomic E-state index is -4.73. The molecule has 7 heteroatoms. The Kier molecular flexibility index (Phi) is 3.71. The summed E-state index contributed by atoms with van der Waals surface area (Å²) in [7, 11) is 0. The van der Waals surface area contributed by atoms with E-state index in [9.17, 15) is 18.0 Å². The summed E-state index contributed by atoms with van der Waals surface area (Å²) in [6, 6.07) is 4.78. The SMILES string of the molecule is CCc1ccc2c(c1)C=C(C(=O)ON)C(C(F)(F)F)O2. The van der Waals surface area contributed by atoms with E-state index >= 15 is 0 Å². The van der Waals surface area contributed by atoms with Gasteiger partial charge in [0.1, 0.15) is 5.75 Å². The smallest absolute Gasteiger partial charge is 0.430 e. The molecule has 0 aliphatic carbocycles. The Morgan fingerprint density at radius 3 is 2.70 bits per heavy atom. The summed E-state index contributed by atoms with van der Waals surface area (Å²) in [5.74, 6) is 3.47. The minimum Gasteiger partial charge on any atom is -0.475 e. The Hall–Kier alpha value is -2.02. The van der Waals surface area contributed by atoms with Gasteiger partial charge in [-0.25, -0.2) is 4.79 Å². The minimum absolute atomic E-state index is 0.0677. The van der Waals surface area contributed by atoms with Crippen molar-refractivity contribution >= 4 is 12.0 Å². The number of aryl methyl sites for hydroxylation is 1. The molecule has 0 aromatic heterocycles. The van der Waals surface area contributed by atoms with Crippen LogP contribution in [-0.2, 0) is 16.1 Å². The first-order valence-electron chi connectivity index (χ1n) is 5.85. The Bertz CT molecular complexity index is 566. The van der Waals surface area contributed by atoms with E-state index in [1.54, 1.807) is 12.1 Å². The van der Waals surface area contributed by atoms with Crippen LogP contribution >= 0.6 is 0 Å². The molecule has 1 aromatic carbocycles. The molecule has 0 bridgehead atoms. The second-order valence-electron chi connectivity index (χ2n) is 4.27. The van der Waals surface area contributed by atoms with Crippen LogP contribution in [0, 0.1) is 0 Å². The second kappa shape index (κ2) is 5.16. The molecular weight excluding hydrogens is 275 g/mol. The lowest BCUT2D eigenvalue weighted by atomic mass is 9.99. The highest BCUT2D eigenvalue weighted by molar-refractivity contribution is 5.96. The quantitative estimate of drug-likeness (QED) is 0.848. The van der Waals surface area contributed by atoms with Gasteiger partial charge < -0.3 is 9.57 Å². The maximum Gasteiger partial charge on any atom is 0.430 e. The highest BCUT2D eigenvalue weighted by atomic mass is 19.4. The summed E-state index contributed by atoms with van der Waals surface area (Å²) < 4.78 is 43.6. The molecule has 4 nitrogen and oxygen atoms in total. The maximum absolute atomic E-state index is 12.9. The number of halogens is 3. The molecular formula is C13H12F3NO3. The number of hydrogen-bond donors (Lipinski definition) is 1. The van der Waals surface area contributed by atoms with Crippen molar-refractivity contribution < 1.29 is 27.5 Å². The van der Waals surface area contributed by atoms with Gasteiger partial charge in [0, 0.05) is 5.56 Å². The van der Waals surface area contributed by atoms with E-state index in [4.69, 9.17) is 4.74 Å². The van der Waals surface area contributed by atoms with Crippen molar-refractivity contribution in [2.24, 2.45) is 5.90 Å². The van der Waals surface area contributed by atoms with Crippen molar-refractivity contribution in [3.8, 4) is 5.75 Å². The maximum atomic E-state index is 12.9.